The number of benzene rings is 2. The Labute approximate surface area is 155 Å². The molecule has 25 heavy (non-hydrogen) atoms. The van der Waals surface area contributed by atoms with Gasteiger partial charge in [-0.05, 0) is 24.3 Å². The summed E-state index contributed by atoms with van der Waals surface area (Å²) < 4.78 is 31.1. The molecule has 2 aromatic carbocycles. The second kappa shape index (κ2) is 7.86. The highest BCUT2D eigenvalue weighted by Crippen LogP contribution is 2.25. The van der Waals surface area contributed by atoms with Crippen molar-refractivity contribution in [1.29, 1.82) is 0 Å². The standard InChI is InChI=1S/C17H15ClN2O3S2/c18-17-20-11-14(24-17)10-19-15-8-4-5-9-16(15)25(21,22)12-23-13-6-2-1-3-7-13/h1-9,11,19H,10,12H2. The van der Waals surface area contributed by atoms with Gasteiger partial charge >= 0.3 is 0 Å². The van der Waals surface area contributed by atoms with E-state index in [-0.39, 0.29) is 4.90 Å². The van der Waals surface area contributed by atoms with Crippen LogP contribution in [0.3, 0.4) is 0 Å². The van der Waals surface area contributed by atoms with Crippen molar-refractivity contribution in [3.63, 3.8) is 0 Å². The predicted molar refractivity (Wildman–Crippen MR) is 100 cm³/mol. The Hall–Kier alpha value is -2.09. The van der Waals surface area contributed by atoms with E-state index in [0.29, 0.717) is 22.4 Å². The van der Waals surface area contributed by atoms with Crippen molar-refractivity contribution >= 4 is 38.5 Å². The molecular weight excluding hydrogens is 380 g/mol. The van der Waals surface area contributed by atoms with E-state index in [9.17, 15) is 8.42 Å². The van der Waals surface area contributed by atoms with Gasteiger partial charge in [-0.1, -0.05) is 41.9 Å². The summed E-state index contributed by atoms with van der Waals surface area (Å²) in [4.78, 5) is 5.08. The van der Waals surface area contributed by atoms with Crippen LogP contribution in [0.5, 0.6) is 5.75 Å². The average molecular weight is 395 g/mol. The minimum Gasteiger partial charge on any atom is -0.477 e. The van der Waals surface area contributed by atoms with Gasteiger partial charge in [0.15, 0.2) is 10.4 Å². The van der Waals surface area contributed by atoms with Gasteiger partial charge in [0.05, 0.1) is 17.1 Å². The average Bonchev–Trinajstić information content (AvgIpc) is 3.05. The van der Waals surface area contributed by atoms with Crippen LogP contribution in [0.4, 0.5) is 5.69 Å². The molecule has 3 aromatic rings. The molecule has 0 aliphatic heterocycles. The molecule has 0 radical (unpaired) electrons. The maximum atomic E-state index is 12.6. The zero-order valence-electron chi connectivity index (χ0n) is 13.1. The van der Waals surface area contributed by atoms with Crippen LogP contribution < -0.4 is 10.1 Å². The Bertz CT molecular complexity index is 943. The monoisotopic (exact) mass is 394 g/mol. The molecule has 5 nitrogen and oxygen atoms in total. The van der Waals surface area contributed by atoms with Crippen molar-refractivity contribution in [2.24, 2.45) is 0 Å². The summed E-state index contributed by atoms with van der Waals surface area (Å²) in [6, 6.07) is 15.6. The van der Waals surface area contributed by atoms with Gasteiger partial charge in [-0.25, -0.2) is 13.4 Å². The summed E-state index contributed by atoms with van der Waals surface area (Å²) in [5.41, 5.74) is 0.517. The molecule has 0 bridgehead atoms. The van der Waals surface area contributed by atoms with E-state index in [1.165, 1.54) is 11.3 Å². The highest BCUT2D eigenvalue weighted by Gasteiger charge is 2.19. The number of thiazole rings is 1. The van der Waals surface area contributed by atoms with E-state index in [0.717, 1.165) is 4.88 Å². The van der Waals surface area contributed by atoms with Crippen molar-refractivity contribution in [3.8, 4) is 5.75 Å². The molecule has 1 N–H and O–H groups in total. The lowest BCUT2D eigenvalue weighted by Gasteiger charge is -2.12. The maximum absolute atomic E-state index is 12.6. The molecule has 0 spiro atoms. The number of hydrogen-bond acceptors (Lipinski definition) is 6. The molecule has 130 valence electrons. The van der Waals surface area contributed by atoms with Gasteiger partial charge in [-0.15, -0.1) is 11.3 Å². The van der Waals surface area contributed by atoms with Crippen LogP contribution in [-0.2, 0) is 16.4 Å². The smallest absolute Gasteiger partial charge is 0.215 e. The number of halogens is 1. The molecule has 0 unspecified atom stereocenters. The van der Waals surface area contributed by atoms with Crippen LogP contribution >= 0.6 is 22.9 Å². The van der Waals surface area contributed by atoms with Crippen molar-refractivity contribution in [1.82, 2.24) is 4.98 Å². The number of para-hydroxylation sites is 2. The number of ether oxygens (including phenoxy) is 1. The van der Waals surface area contributed by atoms with E-state index in [4.69, 9.17) is 16.3 Å². The Morgan fingerprint density at radius 2 is 1.80 bits per heavy atom. The molecule has 1 heterocycles. The van der Waals surface area contributed by atoms with Crippen molar-refractivity contribution in [2.45, 2.75) is 11.4 Å². The number of anilines is 1. The van der Waals surface area contributed by atoms with E-state index in [1.54, 1.807) is 54.7 Å². The molecule has 3 rings (SSSR count). The first-order valence-corrected chi connectivity index (χ1v) is 10.2. The van der Waals surface area contributed by atoms with Crippen molar-refractivity contribution < 1.29 is 13.2 Å². The summed E-state index contributed by atoms with van der Waals surface area (Å²) in [5.74, 6) is 0.0815. The van der Waals surface area contributed by atoms with E-state index >= 15 is 0 Å². The van der Waals surface area contributed by atoms with Gasteiger partial charge in [-0.3, -0.25) is 0 Å². The highest BCUT2D eigenvalue weighted by atomic mass is 35.5. The third kappa shape index (κ3) is 4.72. The first kappa shape index (κ1) is 17.7. The molecule has 0 aliphatic rings. The summed E-state index contributed by atoms with van der Waals surface area (Å²) >= 11 is 7.16. The van der Waals surface area contributed by atoms with Gasteiger partial charge in [-0.2, -0.15) is 0 Å². The second-order valence-corrected chi connectivity index (χ2v) is 8.72. The van der Waals surface area contributed by atoms with Gasteiger partial charge < -0.3 is 10.1 Å². The van der Waals surface area contributed by atoms with Crippen LogP contribution in [0.25, 0.3) is 0 Å². The Morgan fingerprint density at radius 1 is 1.08 bits per heavy atom. The van der Waals surface area contributed by atoms with Crippen LogP contribution in [-0.4, -0.2) is 19.3 Å². The molecule has 8 heteroatoms. The number of nitrogens with zero attached hydrogens (tertiary/aromatic N) is 1. The molecule has 0 aliphatic carbocycles. The third-order valence-electron chi connectivity index (χ3n) is 3.32. The number of nitrogens with one attached hydrogen (secondary N) is 1. The van der Waals surface area contributed by atoms with Gasteiger partial charge in [0.1, 0.15) is 5.75 Å². The lowest BCUT2D eigenvalue weighted by Crippen LogP contribution is -2.14. The Balaban J connectivity index is 1.74. The lowest BCUT2D eigenvalue weighted by atomic mass is 10.3. The Kier molecular flexibility index (Phi) is 5.57. The van der Waals surface area contributed by atoms with Crippen LogP contribution in [0, 0.1) is 0 Å². The van der Waals surface area contributed by atoms with Gasteiger partial charge in [0.25, 0.3) is 0 Å². The van der Waals surface area contributed by atoms with E-state index in [2.05, 4.69) is 10.3 Å². The zero-order chi connectivity index (χ0) is 17.7. The second-order valence-electron chi connectivity index (χ2n) is 5.12. The summed E-state index contributed by atoms with van der Waals surface area (Å²) in [6.07, 6.45) is 1.66. The highest BCUT2D eigenvalue weighted by molar-refractivity contribution is 7.91. The molecule has 0 amide bonds. The summed E-state index contributed by atoms with van der Waals surface area (Å²) in [5, 5.41) is 3.12. The molecule has 0 fully saturated rings. The molecule has 0 saturated heterocycles. The van der Waals surface area contributed by atoms with Crippen LogP contribution in [0.2, 0.25) is 4.47 Å². The normalized spacial score (nSPS) is 11.2. The predicted octanol–water partition coefficient (Wildman–Crippen LogP) is 4.22. The SMILES string of the molecule is O=S(=O)(COc1ccccc1)c1ccccc1NCc1cnc(Cl)s1. The number of rotatable bonds is 7. The first-order chi connectivity index (χ1) is 12.0. The fraction of sp³-hybridized carbons (Fsp3) is 0.118. The van der Waals surface area contributed by atoms with Crippen molar-refractivity contribution in [2.75, 3.05) is 11.3 Å². The largest absolute Gasteiger partial charge is 0.477 e. The first-order valence-electron chi connectivity index (χ1n) is 7.38. The number of hydrogen-bond donors (Lipinski definition) is 1. The van der Waals surface area contributed by atoms with Crippen molar-refractivity contribution in [3.05, 3.63) is 70.1 Å². The third-order valence-corrected chi connectivity index (χ3v) is 5.89. The summed E-state index contributed by atoms with van der Waals surface area (Å²) in [7, 11) is -3.61. The van der Waals surface area contributed by atoms with E-state index in [1.807, 2.05) is 6.07 Å². The molecular formula is C17H15ClN2O3S2. The quantitative estimate of drug-likeness (QED) is 0.649. The fourth-order valence-corrected chi connectivity index (χ4v) is 4.25. The topological polar surface area (TPSA) is 68.3 Å². The zero-order valence-corrected chi connectivity index (χ0v) is 15.4. The minimum absolute atomic E-state index is 0.196. The molecule has 0 saturated carbocycles. The number of aromatic nitrogens is 1. The molecule has 1 aromatic heterocycles. The molecule has 0 atom stereocenters. The van der Waals surface area contributed by atoms with Crippen LogP contribution in [0.15, 0.2) is 65.7 Å². The lowest BCUT2D eigenvalue weighted by molar-refractivity contribution is 0.376. The van der Waals surface area contributed by atoms with Gasteiger partial charge in [0, 0.05) is 11.1 Å². The minimum atomic E-state index is -3.61. The Morgan fingerprint density at radius 3 is 2.52 bits per heavy atom. The van der Waals surface area contributed by atoms with Gasteiger partial charge in [0.2, 0.25) is 9.84 Å². The fourth-order valence-electron chi connectivity index (χ4n) is 2.16. The number of sulfone groups is 1. The maximum Gasteiger partial charge on any atom is 0.215 e. The summed E-state index contributed by atoms with van der Waals surface area (Å²) in [6.45, 7) is 0.441. The van der Waals surface area contributed by atoms with E-state index < -0.39 is 15.8 Å². The van der Waals surface area contributed by atoms with Crippen LogP contribution in [0.1, 0.15) is 4.88 Å².